The highest BCUT2D eigenvalue weighted by molar-refractivity contribution is 5.93. The first-order chi connectivity index (χ1) is 33.2. The van der Waals surface area contributed by atoms with Crippen molar-refractivity contribution < 1.29 is 0 Å². The molecule has 0 radical (unpaired) electrons. The third kappa shape index (κ3) is 5.75. The number of fused-ring (bicyclic) bond motifs is 12. The van der Waals surface area contributed by atoms with Crippen molar-refractivity contribution >= 4 is 17.1 Å². The Morgan fingerprint density at radius 1 is 0.250 bits per heavy atom. The maximum atomic E-state index is 2.53. The van der Waals surface area contributed by atoms with Gasteiger partial charge in [-0.1, -0.05) is 222 Å². The first-order valence-corrected chi connectivity index (χ1v) is 24.1. The molecule has 0 aromatic heterocycles. The summed E-state index contributed by atoms with van der Waals surface area (Å²) in [7, 11) is 0. The van der Waals surface area contributed by atoms with Crippen LogP contribution in [0.15, 0.2) is 237 Å². The Morgan fingerprint density at radius 3 is 1.28 bits per heavy atom. The summed E-state index contributed by atoms with van der Waals surface area (Å²) in [6.07, 6.45) is 0. The summed E-state index contributed by atoms with van der Waals surface area (Å²) in [5.41, 5.74) is 26.1. The largest absolute Gasteiger partial charge is 0.310 e. The second-order valence-electron chi connectivity index (χ2n) is 20.0. The zero-order chi connectivity index (χ0) is 45.8. The van der Waals surface area contributed by atoms with Crippen LogP contribution in [0.5, 0.6) is 0 Å². The summed E-state index contributed by atoms with van der Waals surface area (Å²) in [4.78, 5) is 2.45. The molecule has 3 aliphatic carbocycles. The normalized spacial score (nSPS) is 14.8. The molecule has 0 atom stereocenters. The van der Waals surface area contributed by atoms with Crippen LogP contribution >= 0.6 is 0 Å². The molecule has 1 nitrogen and oxygen atoms in total. The van der Waals surface area contributed by atoms with Gasteiger partial charge in [0.25, 0.3) is 0 Å². The minimum atomic E-state index is -0.430. The Labute approximate surface area is 400 Å². The van der Waals surface area contributed by atoms with Gasteiger partial charge in [-0.3, -0.25) is 0 Å². The second kappa shape index (κ2) is 15.0. The van der Waals surface area contributed by atoms with E-state index in [1.54, 1.807) is 0 Å². The van der Waals surface area contributed by atoms with Crippen molar-refractivity contribution in [2.24, 2.45) is 0 Å². The molecule has 10 aromatic carbocycles. The molecule has 0 heterocycles. The van der Waals surface area contributed by atoms with Crippen molar-refractivity contribution in [2.45, 2.75) is 43.9 Å². The van der Waals surface area contributed by atoms with E-state index in [1.807, 2.05) is 0 Å². The molecular formula is C67H51N. The van der Waals surface area contributed by atoms with Crippen molar-refractivity contribution in [2.75, 3.05) is 4.90 Å². The Hall–Kier alpha value is -8.00. The molecule has 0 unspecified atom stereocenters. The van der Waals surface area contributed by atoms with E-state index in [9.17, 15) is 0 Å². The van der Waals surface area contributed by atoms with Gasteiger partial charge in [0.05, 0.1) is 11.1 Å². The van der Waals surface area contributed by atoms with Gasteiger partial charge in [-0.2, -0.15) is 0 Å². The van der Waals surface area contributed by atoms with Crippen LogP contribution in [0.25, 0.3) is 55.6 Å². The zero-order valence-corrected chi connectivity index (χ0v) is 39.0. The van der Waals surface area contributed by atoms with Crippen molar-refractivity contribution in [3.05, 3.63) is 281 Å². The quantitative estimate of drug-likeness (QED) is 0.161. The Kier molecular flexibility index (Phi) is 8.89. The third-order valence-electron chi connectivity index (χ3n) is 15.8. The number of benzene rings is 10. The maximum absolute atomic E-state index is 2.53. The van der Waals surface area contributed by atoms with Crippen molar-refractivity contribution in [1.82, 2.24) is 0 Å². The summed E-state index contributed by atoms with van der Waals surface area (Å²) in [6, 6.07) is 88.5. The molecule has 0 aliphatic heterocycles. The molecule has 324 valence electrons. The molecule has 0 saturated heterocycles. The fourth-order valence-electron chi connectivity index (χ4n) is 12.5. The SMILES string of the molecule is CC1(C)c2cc(-c3ccc4c(c3)C3(c5ccccc5-4)c4ccccc4C(C)(C)c4ccccc43)ccc2-c2ccc(N(c3ccc(-c4ccccc4)cc3)c3ccccc3-c3ccccc3)cc21. The number of rotatable bonds is 6. The van der Waals surface area contributed by atoms with Crippen molar-refractivity contribution in [3.63, 3.8) is 0 Å². The van der Waals surface area contributed by atoms with Crippen molar-refractivity contribution in [1.29, 1.82) is 0 Å². The monoisotopic (exact) mass is 869 g/mol. The topological polar surface area (TPSA) is 3.24 Å². The van der Waals surface area contributed by atoms with E-state index >= 15 is 0 Å². The highest BCUT2D eigenvalue weighted by atomic mass is 15.1. The average molecular weight is 870 g/mol. The van der Waals surface area contributed by atoms with Gasteiger partial charge >= 0.3 is 0 Å². The number of hydrogen-bond donors (Lipinski definition) is 0. The van der Waals surface area contributed by atoms with Gasteiger partial charge in [0.15, 0.2) is 0 Å². The Bertz CT molecular complexity index is 3560. The Balaban J connectivity index is 0.935. The summed E-state index contributed by atoms with van der Waals surface area (Å²) in [6.45, 7) is 9.61. The van der Waals surface area contributed by atoms with E-state index in [0.717, 1.165) is 17.1 Å². The second-order valence-corrected chi connectivity index (χ2v) is 20.0. The lowest BCUT2D eigenvalue weighted by atomic mass is 9.55. The van der Waals surface area contributed by atoms with E-state index in [2.05, 4.69) is 269 Å². The van der Waals surface area contributed by atoms with Crippen LogP contribution in [-0.4, -0.2) is 0 Å². The molecule has 1 spiro atoms. The van der Waals surface area contributed by atoms with Gasteiger partial charge in [-0.15, -0.1) is 0 Å². The number of anilines is 3. The Morgan fingerprint density at radius 2 is 0.647 bits per heavy atom. The van der Waals surface area contributed by atoms with Crippen LogP contribution in [0, 0.1) is 0 Å². The highest BCUT2D eigenvalue weighted by Gasteiger charge is 2.53. The van der Waals surface area contributed by atoms with Gasteiger partial charge in [0.2, 0.25) is 0 Å². The lowest BCUT2D eigenvalue weighted by Gasteiger charge is -2.46. The van der Waals surface area contributed by atoms with Crippen molar-refractivity contribution in [3.8, 4) is 55.6 Å². The average Bonchev–Trinajstić information content (AvgIpc) is 3.81. The number of hydrogen-bond acceptors (Lipinski definition) is 1. The number of nitrogens with zero attached hydrogens (tertiary/aromatic N) is 1. The lowest BCUT2D eigenvalue weighted by Crippen LogP contribution is -2.40. The molecule has 13 rings (SSSR count). The van der Waals surface area contributed by atoms with Gasteiger partial charge in [-0.05, 0) is 137 Å². The van der Waals surface area contributed by atoms with Crippen LogP contribution in [-0.2, 0) is 16.2 Å². The predicted molar refractivity (Wildman–Crippen MR) is 284 cm³/mol. The molecule has 0 fully saturated rings. The van der Waals surface area contributed by atoms with E-state index in [1.165, 1.54) is 100 Å². The highest BCUT2D eigenvalue weighted by Crippen LogP contribution is 2.62. The molecule has 10 aromatic rings. The van der Waals surface area contributed by atoms with Crippen LogP contribution in [0.3, 0.4) is 0 Å². The molecule has 3 aliphatic rings. The van der Waals surface area contributed by atoms with Gasteiger partial charge in [-0.25, -0.2) is 0 Å². The minimum Gasteiger partial charge on any atom is -0.310 e. The van der Waals surface area contributed by atoms with E-state index in [-0.39, 0.29) is 10.8 Å². The third-order valence-corrected chi connectivity index (χ3v) is 15.8. The lowest BCUT2D eigenvalue weighted by molar-refractivity contribution is 0.563. The molecule has 0 saturated carbocycles. The van der Waals surface area contributed by atoms with Crippen LogP contribution in [0.1, 0.15) is 72.2 Å². The maximum Gasteiger partial charge on any atom is 0.0719 e. The van der Waals surface area contributed by atoms with Gasteiger partial charge < -0.3 is 4.90 Å². The summed E-state index contributed by atoms with van der Waals surface area (Å²) in [5, 5.41) is 0. The molecule has 0 N–H and O–H groups in total. The minimum absolute atomic E-state index is 0.135. The van der Waals surface area contributed by atoms with Gasteiger partial charge in [0, 0.05) is 27.8 Å². The van der Waals surface area contributed by atoms with E-state index < -0.39 is 5.41 Å². The first kappa shape index (κ1) is 40.3. The molecule has 1 heteroatoms. The van der Waals surface area contributed by atoms with Crippen LogP contribution in [0.2, 0.25) is 0 Å². The smallest absolute Gasteiger partial charge is 0.0719 e. The summed E-state index contributed by atoms with van der Waals surface area (Å²) in [5.74, 6) is 0. The van der Waals surface area contributed by atoms with E-state index in [0.29, 0.717) is 0 Å². The zero-order valence-electron chi connectivity index (χ0n) is 39.0. The van der Waals surface area contributed by atoms with E-state index in [4.69, 9.17) is 0 Å². The number of para-hydroxylation sites is 1. The summed E-state index contributed by atoms with van der Waals surface area (Å²) < 4.78 is 0. The molecule has 68 heavy (non-hydrogen) atoms. The molecule has 0 bridgehead atoms. The first-order valence-electron chi connectivity index (χ1n) is 24.1. The molecular weight excluding hydrogens is 819 g/mol. The molecule has 0 amide bonds. The fraction of sp³-hybridized carbons (Fsp3) is 0.104. The van der Waals surface area contributed by atoms with Crippen LogP contribution in [0.4, 0.5) is 17.1 Å². The van der Waals surface area contributed by atoms with Crippen LogP contribution < -0.4 is 4.90 Å². The standard InChI is InChI=1S/C67H51N/c1-65(2)57-26-14-16-28-59(57)67(60-29-17-15-27-58(60)65)56-25-13-11-24-52(56)55-39-34-48(42-63(55)67)47-33-38-53-54-40-37-50(43-62(54)66(3,4)61(53)41-47)68(49-35-31-45(32-36-49)44-19-7-5-8-20-44)64-30-18-12-23-51(64)46-21-9-6-10-22-46/h5-43H,1-4H3. The van der Waals surface area contributed by atoms with Gasteiger partial charge in [0.1, 0.15) is 0 Å². The predicted octanol–water partition coefficient (Wildman–Crippen LogP) is 17.5. The summed E-state index contributed by atoms with van der Waals surface area (Å²) >= 11 is 0. The fourth-order valence-corrected chi connectivity index (χ4v) is 12.5.